The predicted molar refractivity (Wildman–Crippen MR) is 24.9 cm³/mol. The molecule has 1 heterocycles. The second kappa shape index (κ2) is 1.76. The summed E-state index contributed by atoms with van der Waals surface area (Å²) in [6.45, 7) is 0. The lowest BCUT2D eigenvalue weighted by molar-refractivity contribution is 1.82. The summed E-state index contributed by atoms with van der Waals surface area (Å²) in [5, 5.41) is 0. The summed E-state index contributed by atoms with van der Waals surface area (Å²) in [5.41, 5.74) is 0. The lowest BCUT2D eigenvalue weighted by atomic mass is 13.9. The topological polar surface area (TPSA) is 25.8 Å². The van der Waals surface area contributed by atoms with E-state index >= 15 is 0 Å². The summed E-state index contributed by atoms with van der Waals surface area (Å²) in [6, 6.07) is 0. The Morgan fingerprint density at radius 1 is 1.20 bits per heavy atom. The monoisotopic (exact) mass is 122 g/mol. The second-order valence-corrected chi connectivity index (χ2v) is 3.32. The van der Waals surface area contributed by atoms with Gasteiger partial charge in [0.2, 0.25) is 0 Å². The van der Waals surface area contributed by atoms with E-state index in [0.717, 1.165) is 16.1 Å². The molecule has 0 bridgehead atoms. The number of rotatable bonds is 0. The van der Waals surface area contributed by atoms with Gasteiger partial charge in [-0.15, -0.1) is 8.27 Å². The van der Waals surface area contributed by atoms with E-state index in [9.17, 15) is 0 Å². The van der Waals surface area contributed by atoms with Crippen LogP contribution in [0.2, 0.25) is 0 Å². The molecule has 1 rings (SSSR count). The van der Waals surface area contributed by atoms with E-state index in [1.165, 1.54) is 11.7 Å². The summed E-state index contributed by atoms with van der Waals surface area (Å²) < 4.78 is 7.59. The van der Waals surface area contributed by atoms with Crippen molar-refractivity contribution >= 4 is 27.8 Å². The Morgan fingerprint density at radius 3 is 2.00 bits per heavy atom. The highest BCUT2D eigenvalue weighted by molar-refractivity contribution is 7.88. The molecule has 0 aliphatic carbocycles. The zero-order valence-corrected chi connectivity index (χ0v) is 4.80. The van der Waals surface area contributed by atoms with E-state index < -0.39 is 0 Å². The van der Waals surface area contributed by atoms with Crippen LogP contribution >= 0.6 is 27.8 Å². The Kier molecular flexibility index (Phi) is 1.27. The number of nitrogens with zero attached hydrogens (tertiary/aromatic N) is 2. The van der Waals surface area contributed by atoms with Gasteiger partial charge in [0.15, 0.2) is 0 Å². The van der Waals surface area contributed by atoms with Gasteiger partial charge in [0, 0.05) is 0 Å². The summed E-state index contributed by atoms with van der Waals surface area (Å²) in [5.74, 6) is 0. The van der Waals surface area contributed by atoms with Gasteiger partial charge < -0.3 is 0 Å². The minimum absolute atomic E-state index is 1.08. The number of aromatic nitrogens is 2. The smallest absolute Gasteiger partial charge is 0.108 e. The molecule has 0 aliphatic heterocycles. The maximum Gasteiger partial charge on any atom is 0.108 e. The summed E-state index contributed by atoms with van der Waals surface area (Å²) in [7, 11) is 2.17. The molecule has 0 aliphatic rings. The molecule has 0 amide bonds. The number of hydrogen-bond acceptors (Lipinski definition) is 3. The highest BCUT2D eigenvalue weighted by Crippen LogP contribution is 2.11. The first kappa shape index (κ1) is 3.60. The fourth-order valence-corrected chi connectivity index (χ4v) is 2.20. The quantitative estimate of drug-likeness (QED) is 0.523. The van der Waals surface area contributed by atoms with Crippen molar-refractivity contribution < 1.29 is 0 Å². The maximum absolute atomic E-state index is 3.79. The lowest BCUT2D eigenvalue weighted by Gasteiger charge is -1.36. The van der Waals surface area contributed by atoms with Crippen molar-refractivity contribution in [1.82, 2.24) is 8.27 Å². The third kappa shape index (κ3) is 0.881. The minimum atomic E-state index is 1.08. The van der Waals surface area contributed by atoms with Gasteiger partial charge in [-0.2, -0.15) is 0 Å². The Morgan fingerprint density at radius 2 is 1.80 bits per heavy atom. The molecule has 0 saturated carbocycles. The van der Waals surface area contributed by atoms with Crippen LogP contribution in [0, 0.1) is 0 Å². The molecule has 5 heavy (non-hydrogen) atoms. The van der Waals surface area contributed by atoms with Crippen molar-refractivity contribution in [2.45, 2.75) is 0 Å². The van der Waals surface area contributed by atoms with E-state index in [0.29, 0.717) is 0 Å². The van der Waals surface area contributed by atoms with Crippen LogP contribution in [0.3, 0.4) is 0 Å². The molecule has 5 heteroatoms. The predicted octanol–water partition coefficient (Wildman–Crippen LogP) is 1.70. The molecule has 0 N–H and O–H groups in total. The van der Waals surface area contributed by atoms with E-state index in [1.807, 2.05) is 0 Å². The van der Waals surface area contributed by atoms with Gasteiger partial charge in [-0.05, 0) is 0 Å². The second-order valence-electron chi connectivity index (χ2n) is 0.424. The molecule has 0 aromatic carbocycles. The Bertz CT molecular complexity index is 64.1. The first-order valence-corrected chi connectivity index (χ1v) is 4.10. The van der Waals surface area contributed by atoms with Crippen molar-refractivity contribution in [2.24, 2.45) is 0 Å². The van der Waals surface area contributed by atoms with Gasteiger partial charge >= 0.3 is 0 Å². The molecule has 1 aromatic rings. The largest absolute Gasteiger partial charge is 0.147 e. The third-order valence-corrected chi connectivity index (χ3v) is 2.99. The van der Waals surface area contributed by atoms with Crippen molar-refractivity contribution in [1.29, 1.82) is 0 Å². The Balaban J connectivity index is 3.13. The average Bonchev–Trinajstić information content (AvgIpc) is 1.76. The van der Waals surface area contributed by atoms with Gasteiger partial charge in [-0.1, -0.05) is 0 Å². The van der Waals surface area contributed by atoms with E-state index in [2.05, 4.69) is 8.27 Å². The van der Waals surface area contributed by atoms with Crippen LogP contribution < -0.4 is 0 Å². The van der Waals surface area contributed by atoms with Crippen molar-refractivity contribution in [3.63, 3.8) is 0 Å². The zero-order valence-electron chi connectivity index (χ0n) is 2.20. The van der Waals surface area contributed by atoms with Gasteiger partial charge in [0.25, 0.3) is 0 Å². The molecule has 0 atom stereocenters. The molecule has 0 fully saturated rings. The number of hydrogen-bond donors (Lipinski definition) is 0. The molecule has 1 aromatic heterocycles. The zero-order chi connectivity index (χ0) is 3.54. The SMILES string of the molecule is n1ppns1. The van der Waals surface area contributed by atoms with Gasteiger partial charge in [0.1, 0.15) is 16.1 Å². The standard InChI is InChI=1S/N2P2S/c1-3-4-2-5-1. The van der Waals surface area contributed by atoms with E-state index in [4.69, 9.17) is 0 Å². The van der Waals surface area contributed by atoms with Crippen molar-refractivity contribution in [2.75, 3.05) is 0 Å². The highest BCUT2D eigenvalue weighted by atomic mass is 32.1. The Hall–Kier alpha value is 0.420. The van der Waals surface area contributed by atoms with Crippen LogP contribution in [-0.2, 0) is 0 Å². The Labute approximate surface area is 36.8 Å². The van der Waals surface area contributed by atoms with Crippen LogP contribution in [-0.4, -0.2) is 8.27 Å². The lowest BCUT2D eigenvalue weighted by Crippen LogP contribution is -1.26. The van der Waals surface area contributed by atoms with Crippen LogP contribution in [0.5, 0.6) is 0 Å². The highest BCUT2D eigenvalue weighted by Gasteiger charge is 1.64. The van der Waals surface area contributed by atoms with Crippen LogP contribution in [0.25, 0.3) is 0 Å². The first-order valence-electron chi connectivity index (χ1n) is 0.965. The van der Waals surface area contributed by atoms with Crippen molar-refractivity contribution in [3.05, 3.63) is 0 Å². The normalized spacial score (nSPS) is 11.2. The van der Waals surface area contributed by atoms with Gasteiger partial charge in [-0.25, -0.2) is 0 Å². The first-order chi connectivity index (χ1) is 2.50. The summed E-state index contributed by atoms with van der Waals surface area (Å²) in [4.78, 5) is 0. The maximum atomic E-state index is 3.79. The van der Waals surface area contributed by atoms with Crippen LogP contribution in [0.4, 0.5) is 0 Å². The molecular weight excluding hydrogens is 122 g/mol. The summed E-state index contributed by atoms with van der Waals surface area (Å²) >= 11 is 1.30. The molecule has 0 saturated heterocycles. The fraction of sp³-hybridized carbons (Fsp3) is 0. The molecule has 0 unspecified atom stereocenters. The minimum Gasteiger partial charge on any atom is -0.147 e. The third-order valence-electron chi connectivity index (χ3n) is 0.186. The van der Waals surface area contributed by atoms with Crippen LogP contribution in [0.15, 0.2) is 0 Å². The van der Waals surface area contributed by atoms with Gasteiger partial charge in [-0.3, -0.25) is 0 Å². The fourth-order valence-electron chi connectivity index (χ4n) is 0.0816. The molecule has 0 radical (unpaired) electrons. The van der Waals surface area contributed by atoms with Gasteiger partial charge in [0.05, 0.1) is 11.7 Å². The molecular formula is N2P2S. The molecule has 2 nitrogen and oxygen atoms in total. The molecule has 0 spiro atoms. The van der Waals surface area contributed by atoms with E-state index in [1.54, 1.807) is 0 Å². The van der Waals surface area contributed by atoms with Crippen molar-refractivity contribution in [3.8, 4) is 0 Å². The van der Waals surface area contributed by atoms with E-state index in [-0.39, 0.29) is 0 Å². The summed E-state index contributed by atoms with van der Waals surface area (Å²) in [6.07, 6.45) is 0. The average molecular weight is 122 g/mol. The van der Waals surface area contributed by atoms with Crippen LogP contribution in [0.1, 0.15) is 0 Å². The molecule has 26 valence electrons.